The van der Waals surface area contributed by atoms with Gasteiger partial charge in [-0.15, -0.1) is 10.2 Å². The molecule has 2 aromatic carbocycles. The summed E-state index contributed by atoms with van der Waals surface area (Å²) in [6, 6.07) is 11.9. The van der Waals surface area contributed by atoms with Crippen LogP contribution in [0.4, 0.5) is 0 Å². The molecule has 0 radical (unpaired) electrons. The number of aromatic nitrogens is 3. The van der Waals surface area contributed by atoms with Crippen LogP contribution in [0.15, 0.2) is 52.5 Å². The second-order valence-corrected chi connectivity index (χ2v) is 10.0. The summed E-state index contributed by atoms with van der Waals surface area (Å²) in [6.45, 7) is 4.40. The highest BCUT2D eigenvalue weighted by atomic mass is 35.5. The zero-order valence-corrected chi connectivity index (χ0v) is 19.6. The van der Waals surface area contributed by atoms with E-state index in [2.05, 4.69) is 10.2 Å². The standard InChI is InChI=1S/C19H21Cl2N5O2S2/c1-3-25(4-2)30(27,28)15-7-5-6-14(11-15)18-23-24-19(26(18)22)29-12-13-8-9-16(20)17(21)10-13/h5-11H,3-4,12,22H2,1-2H3. The van der Waals surface area contributed by atoms with E-state index in [-0.39, 0.29) is 4.90 Å². The summed E-state index contributed by atoms with van der Waals surface area (Å²) in [5.41, 5.74) is 1.53. The molecule has 0 saturated carbocycles. The number of nitrogens with two attached hydrogens (primary N) is 1. The lowest BCUT2D eigenvalue weighted by Crippen LogP contribution is -2.30. The molecule has 0 fully saturated rings. The number of hydrogen-bond acceptors (Lipinski definition) is 6. The van der Waals surface area contributed by atoms with Crippen LogP contribution in [-0.4, -0.2) is 40.7 Å². The van der Waals surface area contributed by atoms with Crippen LogP contribution in [0.3, 0.4) is 0 Å². The Hall–Kier alpha value is -1.78. The highest BCUT2D eigenvalue weighted by Crippen LogP contribution is 2.29. The molecule has 160 valence electrons. The first-order chi connectivity index (χ1) is 14.3. The molecule has 0 unspecified atom stereocenters. The number of sulfonamides is 1. The minimum atomic E-state index is -3.59. The third-order valence-electron chi connectivity index (χ3n) is 4.45. The zero-order chi connectivity index (χ0) is 21.9. The Labute approximate surface area is 190 Å². The molecular formula is C19H21Cl2N5O2S2. The third kappa shape index (κ3) is 4.76. The van der Waals surface area contributed by atoms with Crippen molar-refractivity contribution >= 4 is 45.0 Å². The van der Waals surface area contributed by atoms with Crippen LogP contribution in [0.25, 0.3) is 11.4 Å². The topological polar surface area (TPSA) is 94.1 Å². The quantitative estimate of drug-likeness (QED) is 0.377. The van der Waals surface area contributed by atoms with E-state index in [1.807, 2.05) is 6.07 Å². The van der Waals surface area contributed by atoms with Crippen LogP contribution in [-0.2, 0) is 15.8 Å². The van der Waals surface area contributed by atoms with Gasteiger partial charge in [-0.1, -0.05) is 67.0 Å². The van der Waals surface area contributed by atoms with E-state index < -0.39 is 10.0 Å². The van der Waals surface area contributed by atoms with E-state index in [0.29, 0.717) is 45.4 Å². The number of halogens is 2. The zero-order valence-electron chi connectivity index (χ0n) is 16.4. The van der Waals surface area contributed by atoms with Crippen molar-refractivity contribution in [1.29, 1.82) is 0 Å². The molecule has 0 bridgehead atoms. The summed E-state index contributed by atoms with van der Waals surface area (Å²) >= 11 is 13.4. The SMILES string of the molecule is CCN(CC)S(=O)(=O)c1cccc(-c2nnc(SCc3ccc(Cl)c(Cl)c3)n2N)c1. The lowest BCUT2D eigenvalue weighted by molar-refractivity contribution is 0.445. The Bertz CT molecular complexity index is 1150. The second kappa shape index (κ2) is 9.57. The van der Waals surface area contributed by atoms with Gasteiger partial charge in [-0.3, -0.25) is 0 Å². The molecule has 0 aliphatic rings. The fraction of sp³-hybridized carbons (Fsp3) is 0.263. The molecule has 0 aliphatic carbocycles. The molecule has 0 saturated heterocycles. The van der Waals surface area contributed by atoms with E-state index in [0.717, 1.165) is 5.56 Å². The summed E-state index contributed by atoms with van der Waals surface area (Å²) < 4.78 is 28.4. The van der Waals surface area contributed by atoms with Crippen molar-refractivity contribution in [3.8, 4) is 11.4 Å². The first kappa shape index (κ1) is 22.9. The van der Waals surface area contributed by atoms with Gasteiger partial charge in [-0.2, -0.15) is 4.31 Å². The summed E-state index contributed by atoms with van der Waals surface area (Å²) in [5, 5.41) is 9.76. The number of nitrogen functional groups attached to an aromatic ring is 1. The largest absolute Gasteiger partial charge is 0.335 e. The van der Waals surface area contributed by atoms with Gasteiger partial charge in [0.1, 0.15) is 0 Å². The van der Waals surface area contributed by atoms with Gasteiger partial charge >= 0.3 is 0 Å². The van der Waals surface area contributed by atoms with E-state index in [4.69, 9.17) is 29.0 Å². The van der Waals surface area contributed by atoms with Gasteiger partial charge in [-0.25, -0.2) is 13.1 Å². The highest BCUT2D eigenvalue weighted by molar-refractivity contribution is 7.98. The van der Waals surface area contributed by atoms with Crippen LogP contribution in [0.5, 0.6) is 0 Å². The first-order valence-electron chi connectivity index (χ1n) is 9.15. The second-order valence-electron chi connectivity index (χ2n) is 6.33. The molecule has 2 N–H and O–H groups in total. The number of thioether (sulfide) groups is 1. The summed E-state index contributed by atoms with van der Waals surface area (Å²) in [5.74, 6) is 7.14. The lowest BCUT2D eigenvalue weighted by Gasteiger charge is -2.18. The molecule has 1 heterocycles. The van der Waals surface area contributed by atoms with Crippen LogP contribution < -0.4 is 5.84 Å². The van der Waals surface area contributed by atoms with Gasteiger partial charge < -0.3 is 5.84 Å². The minimum Gasteiger partial charge on any atom is -0.335 e. The molecule has 0 spiro atoms. The van der Waals surface area contributed by atoms with E-state index in [9.17, 15) is 8.42 Å². The smallest absolute Gasteiger partial charge is 0.243 e. The Morgan fingerprint density at radius 1 is 1.07 bits per heavy atom. The van der Waals surface area contributed by atoms with Crippen molar-refractivity contribution in [1.82, 2.24) is 19.2 Å². The van der Waals surface area contributed by atoms with Crippen LogP contribution >= 0.6 is 35.0 Å². The predicted molar refractivity (Wildman–Crippen MR) is 122 cm³/mol. The normalized spacial score (nSPS) is 11.9. The van der Waals surface area contributed by atoms with Gasteiger partial charge in [0, 0.05) is 24.4 Å². The van der Waals surface area contributed by atoms with Crippen LogP contribution in [0.1, 0.15) is 19.4 Å². The van der Waals surface area contributed by atoms with Crippen molar-refractivity contribution in [3.05, 3.63) is 58.1 Å². The van der Waals surface area contributed by atoms with E-state index in [1.165, 1.54) is 20.7 Å². The summed E-state index contributed by atoms with van der Waals surface area (Å²) in [7, 11) is -3.59. The lowest BCUT2D eigenvalue weighted by atomic mass is 10.2. The van der Waals surface area contributed by atoms with Gasteiger partial charge in [-0.05, 0) is 29.8 Å². The maximum Gasteiger partial charge on any atom is 0.243 e. The first-order valence-corrected chi connectivity index (χ1v) is 12.3. The summed E-state index contributed by atoms with van der Waals surface area (Å²) in [6.07, 6.45) is 0. The molecule has 30 heavy (non-hydrogen) atoms. The predicted octanol–water partition coefficient (Wildman–Crippen LogP) is 4.29. The average Bonchev–Trinajstić information content (AvgIpc) is 3.10. The minimum absolute atomic E-state index is 0.191. The Morgan fingerprint density at radius 3 is 2.47 bits per heavy atom. The number of hydrogen-bond donors (Lipinski definition) is 1. The van der Waals surface area contributed by atoms with Crippen molar-refractivity contribution in [3.63, 3.8) is 0 Å². The molecule has 11 heteroatoms. The maximum atomic E-state index is 12.8. The molecule has 3 aromatic rings. The fourth-order valence-corrected chi connectivity index (χ4v) is 5.48. The van der Waals surface area contributed by atoms with Gasteiger partial charge in [0.15, 0.2) is 5.82 Å². The fourth-order valence-electron chi connectivity index (χ4n) is 2.86. The molecule has 0 amide bonds. The van der Waals surface area contributed by atoms with Crippen LogP contribution in [0.2, 0.25) is 10.0 Å². The highest BCUT2D eigenvalue weighted by Gasteiger charge is 2.23. The Kier molecular flexibility index (Phi) is 7.30. The van der Waals surface area contributed by atoms with E-state index in [1.54, 1.807) is 50.2 Å². The molecule has 3 rings (SSSR count). The van der Waals surface area contributed by atoms with Crippen molar-refractivity contribution < 1.29 is 8.42 Å². The molecular weight excluding hydrogens is 465 g/mol. The molecule has 0 atom stereocenters. The van der Waals surface area contributed by atoms with Gasteiger partial charge in [0.05, 0.1) is 14.9 Å². The third-order valence-corrected chi connectivity index (χ3v) is 8.25. The van der Waals surface area contributed by atoms with Gasteiger partial charge in [0.2, 0.25) is 15.2 Å². The average molecular weight is 486 g/mol. The Morgan fingerprint density at radius 2 is 1.80 bits per heavy atom. The van der Waals surface area contributed by atoms with Crippen LogP contribution in [0, 0.1) is 0 Å². The molecule has 7 nitrogen and oxygen atoms in total. The monoisotopic (exact) mass is 485 g/mol. The van der Waals surface area contributed by atoms with Crippen molar-refractivity contribution in [2.24, 2.45) is 0 Å². The number of benzene rings is 2. The maximum absolute atomic E-state index is 12.8. The molecule has 0 aliphatic heterocycles. The summed E-state index contributed by atoms with van der Waals surface area (Å²) in [4.78, 5) is 0.191. The number of rotatable bonds is 8. The number of nitrogens with zero attached hydrogens (tertiary/aromatic N) is 4. The Balaban J connectivity index is 1.84. The molecule has 1 aromatic heterocycles. The van der Waals surface area contributed by atoms with E-state index >= 15 is 0 Å². The van der Waals surface area contributed by atoms with Crippen molar-refractivity contribution in [2.75, 3.05) is 18.9 Å². The van der Waals surface area contributed by atoms with Gasteiger partial charge in [0.25, 0.3) is 0 Å². The van der Waals surface area contributed by atoms with Crippen molar-refractivity contribution in [2.45, 2.75) is 29.7 Å².